The summed E-state index contributed by atoms with van der Waals surface area (Å²) in [5.41, 5.74) is 0. The van der Waals surface area contributed by atoms with E-state index in [0.29, 0.717) is 0 Å². The zero-order valence-electron chi connectivity index (χ0n) is 9.01. The third-order valence-corrected chi connectivity index (χ3v) is 3.60. The summed E-state index contributed by atoms with van der Waals surface area (Å²) in [6, 6.07) is 0. The van der Waals surface area contributed by atoms with Crippen molar-refractivity contribution < 1.29 is 7.87 Å². The molecule has 0 unspecified atom stereocenters. The van der Waals surface area contributed by atoms with E-state index in [9.17, 15) is 4.79 Å². The molecular formula is C10H19ClO2Sn. The van der Waals surface area contributed by atoms with Crippen LogP contribution in [0.1, 0.15) is 52.4 Å². The Balaban J connectivity index is 3.88. The van der Waals surface area contributed by atoms with Gasteiger partial charge in [-0.05, 0) is 0 Å². The summed E-state index contributed by atoms with van der Waals surface area (Å²) in [6.07, 6.45) is 6.42. The zero-order chi connectivity index (χ0) is 10.8. The quantitative estimate of drug-likeness (QED) is 0.640. The van der Waals surface area contributed by atoms with Gasteiger partial charge in [-0.2, -0.15) is 0 Å². The molecule has 0 saturated heterocycles. The second-order valence-electron chi connectivity index (χ2n) is 3.48. The van der Waals surface area contributed by atoms with Crippen molar-refractivity contribution in [3.63, 3.8) is 0 Å². The molecule has 14 heavy (non-hydrogen) atoms. The van der Waals surface area contributed by atoms with Crippen molar-refractivity contribution in [2.24, 2.45) is 5.92 Å². The van der Waals surface area contributed by atoms with Crippen LogP contribution < -0.4 is 0 Å². The van der Waals surface area contributed by atoms with Gasteiger partial charge in [-0.25, -0.2) is 0 Å². The number of carbonyl (C=O) groups excluding carboxylic acids is 1. The molecule has 0 bridgehead atoms. The standard InChI is InChI=1S/C10H20O2.ClH.Sn/c1-3-5-7-9(10(11)12)8-6-4-2;;/h9H,3-8H2,1-2H3,(H,11,12);1H;/q;;+2/p-2. The molecular weight excluding hydrogens is 306 g/mol. The van der Waals surface area contributed by atoms with Crippen LogP contribution in [0.3, 0.4) is 0 Å². The van der Waals surface area contributed by atoms with E-state index >= 15 is 0 Å². The first kappa shape index (κ1) is 14.6. The maximum atomic E-state index is 11.5. The number of unbranched alkanes of at least 4 members (excludes halogenated alkanes) is 2. The van der Waals surface area contributed by atoms with Crippen molar-refractivity contribution in [1.82, 2.24) is 0 Å². The molecule has 0 saturated carbocycles. The Morgan fingerprint density at radius 3 is 2.14 bits per heavy atom. The van der Waals surface area contributed by atoms with Gasteiger partial charge in [-0.15, -0.1) is 0 Å². The van der Waals surface area contributed by atoms with E-state index < -0.39 is 20.4 Å². The Kier molecular flexibility index (Phi) is 10.5. The summed E-state index contributed by atoms with van der Waals surface area (Å²) in [7, 11) is 5.54. The fourth-order valence-electron chi connectivity index (χ4n) is 1.40. The summed E-state index contributed by atoms with van der Waals surface area (Å²) in [5, 5.41) is 0. The van der Waals surface area contributed by atoms with Crippen LogP contribution in [0.15, 0.2) is 0 Å². The molecule has 2 radical (unpaired) electrons. The van der Waals surface area contributed by atoms with Crippen LogP contribution >= 0.6 is 8.92 Å². The molecule has 0 aromatic heterocycles. The van der Waals surface area contributed by atoms with Crippen LogP contribution in [0.4, 0.5) is 0 Å². The van der Waals surface area contributed by atoms with Crippen LogP contribution in [-0.2, 0) is 7.87 Å². The summed E-state index contributed by atoms with van der Waals surface area (Å²) in [4.78, 5) is 11.5. The molecule has 0 amide bonds. The van der Waals surface area contributed by atoms with Gasteiger partial charge >= 0.3 is 101 Å². The molecule has 0 aromatic rings. The molecule has 82 valence electrons. The van der Waals surface area contributed by atoms with E-state index in [4.69, 9.17) is 12.0 Å². The first-order valence-electron chi connectivity index (χ1n) is 5.32. The molecule has 0 atom stereocenters. The van der Waals surface area contributed by atoms with E-state index in [1.54, 1.807) is 0 Å². The Morgan fingerprint density at radius 1 is 1.29 bits per heavy atom. The van der Waals surface area contributed by atoms with E-state index in [0.717, 1.165) is 38.5 Å². The van der Waals surface area contributed by atoms with Gasteiger partial charge in [0.15, 0.2) is 0 Å². The van der Waals surface area contributed by atoms with E-state index in [-0.39, 0.29) is 11.9 Å². The van der Waals surface area contributed by atoms with Crippen LogP contribution in [-0.4, -0.2) is 26.4 Å². The van der Waals surface area contributed by atoms with Crippen LogP contribution in [0.2, 0.25) is 0 Å². The predicted molar refractivity (Wildman–Crippen MR) is 60.2 cm³/mol. The average Bonchev–Trinajstić information content (AvgIpc) is 2.18. The van der Waals surface area contributed by atoms with Gasteiger partial charge in [0, 0.05) is 0 Å². The first-order valence-corrected chi connectivity index (χ1v) is 10.1. The van der Waals surface area contributed by atoms with Crippen molar-refractivity contribution in [1.29, 1.82) is 0 Å². The van der Waals surface area contributed by atoms with E-state index in [2.05, 4.69) is 13.8 Å². The summed E-state index contributed by atoms with van der Waals surface area (Å²) >= 11 is -1.34. The number of carbonyl (C=O) groups is 1. The fourth-order valence-corrected chi connectivity index (χ4v) is 2.61. The second kappa shape index (κ2) is 10.1. The number of hydrogen-bond donors (Lipinski definition) is 0. The van der Waals surface area contributed by atoms with Gasteiger partial charge < -0.3 is 0 Å². The third kappa shape index (κ3) is 6.93. The second-order valence-corrected chi connectivity index (χ2v) is 5.54. The topological polar surface area (TPSA) is 26.3 Å². The minimum atomic E-state index is -1.34. The Morgan fingerprint density at radius 2 is 1.79 bits per heavy atom. The summed E-state index contributed by atoms with van der Waals surface area (Å²) in [5.74, 6) is 0.0584. The van der Waals surface area contributed by atoms with Crippen LogP contribution in [0.5, 0.6) is 0 Å². The van der Waals surface area contributed by atoms with Gasteiger partial charge in [-0.1, -0.05) is 0 Å². The van der Waals surface area contributed by atoms with Gasteiger partial charge in [0.05, 0.1) is 0 Å². The molecule has 4 heteroatoms. The molecule has 0 heterocycles. The van der Waals surface area contributed by atoms with Gasteiger partial charge in [0.1, 0.15) is 0 Å². The van der Waals surface area contributed by atoms with Crippen LogP contribution in [0, 0.1) is 5.92 Å². The van der Waals surface area contributed by atoms with Crippen molar-refractivity contribution >= 4 is 35.3 Å². The van der Waals surface area contributed by atoms with Gasteiger partial charge in [0.25, 0.3) is 0 Å². The number of rotatable bonds is 8. The molecule has 0 aliphatic rings. The van der Waals surface area contributed by atoms with E-state index in [1.165, 1.54) is 0 Å². The van der Waals surface area contributed by atoms with Gasteiger partial charge in [0.2, 0.25) is 0 Å². The predicted octanol–water partition coefficient (Wildman–Crippen LogP) is 3.30. The fraction of sp³-hybridized carbons (Fsp3) is 0.900. The molecule has 0 fully saturated rings. The number of halogens is 1. The summed E-state index contributed by atoms with van der Waals surface area (Å²) in [6.45, 7) is 4.28. The molecule has 0 rings (SSSR count). The van der Waals surface area contributed by atoms with E-state index in [1.807, 2.05) is 0 Å². The average molecular weight is 325 g/mol. The first-order chi connectivity index (χ1) is 6.76. The third-order valence-electron chi connectivity index (χ3n) is 2.28. The van der Waals surface area contributed by atoms with Crippen molar-refractivity contribution in [3.05, 3.63) is 0 Å². The molecule has 0 aliphatic heterocycles. The molecule has 0 spiro atoms. The van der Waals surface area contributed by atoms with Crippen LogP contribution in [0.25, 0.3) is 0 Å². The Bertz CT molecular complexity index is 145. The Hall–Kier alpha value is 0.559. The maximum absolute atomic E-state index is 11.5. The van der Waals surface area contributed by atoms with Crippen molar-refractivity contribution in [3.8, 4) is 0 Å². The molecule has 0 N–H and O–H groups in total. The van der Waals surface area contributed by atoms with Crippen molar-refractivity contribution in [2.75, 3.05) is 0 Å². The molecule has 0 aliphatic carbocycles. The monoisotopic (exact) mass is 326 g/mol. The summed E-state index contributed by atoms with van der Waals surface area (Å²) < 4.78 is 4.99. The zero-order valence-corrected chi connectivity index (χ0v) is 12.6. The molecule has 0 aromatic carbocycles. The Labute approximate surface area is 101 Å². The number of hydrogen-bond acceptors (Lipinski definition) is 2. The normalized spacial score (nSPS) is 10.6. The molecule has 2 nitrogen and oxygen atoms in total. The van der Waals surface area contributed by atoms with Gasteiger partial charge in [-0.3, -0.25) is 0 Å². The van der Waals surface area contributed by atoms with Crippen molar-refractivity contribution in [2.45, 2.75) is 52.4 Å². The SMILES string of the molecule is CCCCC(CCCC)C(=O)[O][Sn][Cl]. The minimum absolute atomic E-state index is 0.0477.